The Morgan fingerprint density at radius 2 is 2.19 bits per heavy atom. The number of rotatable bonds is 5. The van der Waals surface area contributed by atoms with E-state index in [1.54, 1.807) is 18.1 Å². The number of para-hydroxylation sites is 2. The van der Waals surface area contributed by atoms with Crippen LogP contribution in [-0.2, 0) is 13.6 Å². The van der Waals surface area contributed by atoms with Crippen LogP contribution in [0.4, 0.5) is 10.5 Å². The highest BCUT2D eigenvalue weighted by Crippen LogP contribution is 2.23. The Balaban J connectivity index is 2.02. The highest BCUT2D eigenvalue weighted by Gasteiger charge is 2.13. The summed E-state index contributed by atoms with van der Waals surface area (Å²) in [5, 5.41) is 2.85. The standard InChI is InChI=1S/C15H20N4O2/c1-4-21-13-8-6-5-7-12(13)17-15(20)19(3)11-14-16-9-10-18(14)2/h5-10H,4,11H2,1-3H3,(H,17,20). The lowest BCUT2D eigenvalue weighted by molar-refractivity contribution is 0.219. The van der Waals surface area contributed by atoms with E-state index in [2.05, 4.69) is 10.3 Å². The molecule has 1 heterocycles. The number of carbonyl (C=O) groups excluding carboxylic acids is 1. The van der Waals surface area contributed by atoms with Gasteiger partial charge in [0.25, 0.3) is 0 Å². The molecule has 0 spiro atoms. The first kappa shape index (κ1) is 14.9. The molecule has 0 fully saturated rings. The Morgan fingerprint density at radius 1 is 1.43 bits per heavy atom. The SMILES string of the molecule is CCOc1ccccc1NC(=O)N(C)Cc1nccn1C. The number of urea groups is 1. The van der Waals surface area contributed by atoms with Gasteiger partial charge in [-0.25, -0.2) is 9.78 Å². The van der Waals surface area contributed by atoms with Gasteiger partial charge in [0.2, 0.25) is 0 Å². The van der Waals surface area contributed by atoms with Crippen molar-refractivity contribution in [2.24, 2.45) is 7.05 Å². The zero-order valence-corrected chi connectivity index (χ0v) is 12.5. The van der Waals surface area contributed by atoms with Gasteiger partial charge < -0.3 is 19.5 Å². The van der Waals surface area contributed by atoms with Gasteiger partial charge in [0.05, 0.1) is 18.8 Å². The predicted octanol–water partition coefficient (Wildman–Crippen LogP) is 2.48. The Bertz CT molecular complexity index is 609. The summed E-state index contributed by atoms with van der Waals surface area (Å²) >= 11 is 0. The maximum absolute atomic E-state index is 12.2. The van der Waals surface area contributed by atoms with E-state index in [4.69, 9.17) is 4.74 Å². The lowest BCUT2D eigenvalue weighted by Crippen LogP contribution is -2.31. The van der Waals surface area contributed by atoms with Crippen molar-refractivity contribution < 1.29 is 9.53 Å². The number of ether oxygens (including phenoxy) is 1. The van der Waals surface area contributed by atoms with Gasteiger partial charge in [-0.15, -0.1) is 0 Å². The molecule has 0 aliphatic rings. The Kier molecular flexibility index (Phi) is 4.81. The van der Waals surface area contributed by atoms with Gasteiger partial charge in [-0.05, 0) is 19.1 Å². The first-order valence-corrected chi connectivity index (χ1v) is 6.82. The molecule has 1 aromatic carbocycles. The summed E-state index contributed by atoms with van der Waals surface area (Å²) in [6.45, 7) is 2.90. The number of benzene rings is 1. The molecule has 0 aliphatic carbocycles. The number of imidazole rings is 1. The molecule has 2 amide bonds. The van der Waals surface area contributed by atoms with Crippen molar-refractivity contribution in [1.29, 1.82) is 0 Å². The summed E-state index contributed by atoms with van der Waals surface area (Å²) in [4.78, 5) is 18.0. The molecule has 0 aliphatic heterocycles. The minimum Gasteiger partial charge on any atom is -0.492 e. The lowest BCUT2D eigenvalue weighted by Gasteiger charge is -2.19. The minimum atomic E-state index is -0.204. The molecule has 0 saturated carbocycles. The van der Waals surface area contributed by atoms with Crippen molar-refractivity contribution in [3.05, 3.63) is 42.5 Å². The molecule has 112 valence electrons. The van der Waals surface area contributed by atoms with E-state index in [-0.39, 0.29) is 6.03 Å². The summed E-state index contributed by atoms with van der Waals surface area (Å²) in [7, 11) is 3.63. The van der Waals surface area contributed by atoms with E-state index in [9.17, 15) is 4.79 Å². The lowest BCUT2D eigenvalue weighted by atomic mass is 10.3. The molecule has 0 atom stereocenters. The van der Waals surface area contributed by atoms with Gasteiger partial charge in [0.1, 0.15) is 11.6 Å². The van der Waals surface area contributed by atoms with Gasteiger partial charge in [-0.1, -0.05) is 12.1 Å². The molecule has 0 unspecified atom stereocenters. The third-order valence-corrected chi connectivity index (χ3v) is 3.07. The first-order valence-electron chi connectivity index (χ1n) is 6.82. The fraction of sp³-hybridized carbons (Fsp3) is 0.333. The van der Waals surface area contributed by atoms with Gasteiger partial charge in [0.15, 0.2) is 0 Å². The number of anilines is 1. The van der Waals surface area contributed by atoms with Crippen LogP contribution in [0.2, 0.25) is 0 Å². The maximum Gasteiger partial charge on any atom is 0.322 e. The zero-order chi connectivity index (χ0) is 15.2. The number of aryl methyl sites for hydroxylation is 1. The molecule has 2 rings (SSSR count). The molecule has 0 bridgehead atoms. The maximum atomic E-state index is 12.2. The summed E-state index contributed by atoms with van der Waals surface area (Å²) in [6, 6.07) is 7.18. The topological polar surface area (TPSA) is 59.4 Å². The van der Waals surface area contributed by atoms with Crippen LogP contribution in [0.15, 0.2) is 36.7 Å². The molecule has 2 aromatic rings. The molecule has 1 aromatic heterocycles. The van der Waals surface area contributed by atoms with Crippen molar-refractivity contribution in [2.75, 3.05) is 19.0 Å². The number of hydrogen-bond donors (Lipinski definition) is 1. The largest absolute Gasteiger partial charge is 0.492 e. The highest BCUT2D eigenvalue weighted by molar-refractivity contribution is 5.90. The summed E-state index contributed by atoms with van der Waals surface area (Å²) in [6.07, 6.45) is 3.57. The normalized spacial score (nSPS) is 10.2. The van der Waals surface area contributed by atoms with Crippen LogP contribution in [0, 0.1) is 0 Å². The second-order valence-electron chi connectivity index (χ2n) is 4.67. The second-order valence-corrected chi connectivity index (χ2v) is 4.67. The predicted molar refractivity (Wildman–Crippen MR) is 81.3 cm³/mol. The smallest absolute Gasteiger partial charge is 0.322 e. The van der Waals surface area contributed by atoms with Gasteiger partial charge in [-0.2, -0.15) is 0 Å². The minimum absolute atomic E-state index is 0.204. The quantitative estimate of drug-likeness (QED) is 0.919. The molecular weight excluding hydrogens is 268 g/mol. The number of hydrogen-bond acceptors (Lipinski definition) is 3. The van der Waals surface area contributed by atoms with Gasteiger partial charge in [0, 0.05) is 26.5 Å². The molecule has 6 nitrogen and oxygen atoms in total. The molecule has 0 saturated heterocycles. The van der Waals surface area contributed by atoms with E-state index >= 15 is 0 Å². The Morgan fingerprint density at radius 3 is 2.86 bits per heavy atom. The molecular formula is C15H20N4O2. The fourth-order valence-corrected chi connectivity index (χ4v) is 1.89. The summed E-state index contributed by atoms with van der Waals surface area (Å²) < 4.78 is 7.38. The summed E-state index contributed by atoms with van der Waals surface area (Å²) in [5.74, 6) is 1.49. The third kappa shape index (κ3) is 3.75. The van der Waals surface area contributed by atoms with Crippen LogP contribution in [0.3, 0.4) is 0 Å². The van der Waals surface area contributed by atoms with Crippen LogP contribution in [0.25, 0.3) is 0 Å². The Labute approximate surface area is 124 Å². The van der Waals surface area contributed by atoms with Crippen molar-refractivity contribution in [3.8, 4) is 5.75 Å². The number of nitrogens with zero attached hydrogens (tertiary/aromatic N) is 3. The van der Waals surface area contributed by atoms with Crippen LogP contribution >= 0.6 is 0 Å². The fourth-order valence-electron chi connectivity index (χ4n) is 1.89. The monoisotopic (exact) mass is 288 g/mol. The van der Waals surface area contributed by atoms with E-state index in [1.807, 2.05) is 49.0 Å². The van der Waals surface area contributed by atoms with Crippen LogP contribution in [-0.4, -0.2) is 34.1 Å². The second kappa shape index (κ2) is 6.78. The average Bonchev–Trinajstić information content (AvgIpc) is 2.86. The van der Waals surface area contributed by atoms with Crippen molar-refractivity contribution in [1.82, 2.24) is 14.5 Å². The number of aromatic nitrogens is 2. The van der Waals surface area contributed by atoms with Crippen molar-refractivity contribution in [2.45, 2.75) is 13.5 Å². The Hall–Kier alpha value is -2.50. The number of amides is 2. The zero-order valence-electron chi connectivity index (χ0n) is 12.5. The number of carbonyl (C=O) groups is 1. The van der Waals surface area contributed by atoms with E-state index < -0.39 is 0 Å². The van der Waals surface area contributed by atoms with Crippen molar-refractivity contribution in [3.63, 3.8) is 0 Å². The van der Waals surface area contributed by atoms with Crippen molar-refractivity contribution >= 4 is 11.7 Å². The molecule has 6 heteroatoms. The van der Waals surface area contributed by atoms with Crippen LogP contribution in [0.5, 0.6) is 5.75 Å². The van der Waals surface area contributed by atoms with Crippen LogP contribution < -0.4 is 10.1 Å². The molecule has 1 N–H and O–H groups in total. The highest BCUT2D eigenvalue weighted by atomic mass is 16.5. The van der Waals surface area contributed by atoms with Gasteiger partial charge >= 0.3 is 6.03 Å². The summed E-state index contributed by atoms with van der Waals surface area (Å²) in [5.41, 5.74) is 0.663. The van der Waals surface area contributed by atoms with E-state index in [1.165, 1.54) is 0 Å². The van der Waals surface area contributed by atoms with E-state index in [0.29, 0.717) is 24.6 Å². The van der Waals surface area contributed by atoms with Gasteiger partial charge in [-0.3, -0.25) is 0 Å². The molecule has 0 radical (unpaired) electrons. The first-order chi connectivity index (χ1) is 10.1. The molecule has 21 heavy (non-hydrogen) atoms. The van der Waals surface area contributed by atoms with E-state index in [0.717, 1.165) is 5.82 Å². The third-order valence-electron chi connectivity index (χ3n) is 3.07. The average molecular weight is 288 g/mol. The van der Waals surface area contributed by atoms with Crippen LogP contribution in [0.1, 0.15) is 12.7 Å². The number of nitrogens with one attached hydrogen (secondary N) is 1.